The van der Waals surface area contributed by atoms with Crippen LogP contribution in [0, 0.1) is 5.92 Å². The first-order valence-electron chi connectivity index (χ1n) is 5.29. The molecule has 17 heavy (non-hydrogen) atoms. The lowest BCUT2D eigenvalue weighted by molar-refractivity contribution is -0.144. The molecule has 4 N–H and O–H groups in total. The average Bonchev–Trinajstić information content (AvgIpc) is 2.21. The van der Waals surface area contributed by atoms with Gasteiger partial charge in [0.25, 0.3) is 0 Å². The summed E-state index contributed by atoms with van der Waals surface area (Å²) in [5, 5.41) is 4.82. The summed E-state index contributed by atoms with van der Waals surface area (Å²) in [5.74, 6) is -0.825. The van der Waals surface area contributed by atoms with E-state index in [-0.39, 0.29) is 24.9 Å². The van der Waals surface area contributed by atoms with Gasteiger partial charge >= 0.3 is 12.0 Å². The van der Waals surface area contributed by atoms with Crippen LogP contribution in [-0.4, -0.2) is 37.6 Å². The second-order valence-electron chi connectivity index (χ2n) is 3.86. The minimum atomic E-state index is -0.886. The van der Waals surface area contributed by atoms with Crippen molar-refractivity contribution in [2.75, 3.05) is 13.7 Å². The molecule has 0 aromatic carbocycles. The predicted octanol–water partition coefficient (Wildman–Crippen LogP) is -0.641. The fraction of sp³-hybridized carbons (Fsp3) is 0.700. The first-order valence-corrected chi connectivity index (χ1v) is 5.29. The van der Waals surface area contributed by atoms with Gasteiger partial charge in [0.2, 0.25) is 5.91 Å². The molecule has 98 valence electrons. The van der Waals surface area contributed by atoms with Gasteiger partial charge in [-0.2, -0.15) is 0 Å². The summed E-state index contributed by atoms with van der Waals surface area (Å²) < 4.78 is 4.62. The zero-order valence-corrected chi connectivity index (χ0v) is 10.3. The molecule has 0 aliphatic carbocycles. The maximum atomic E-state index is 11.3. The van der Waals surface area contributed by atoms with Crippen LogP contribution in [-0.2, 0) is 14.3 Å². The van der Waals surface area contributed by atoms with Gasteiger partial charge in [-0.15, -0.1) is 0 Å². The molecule has 0 radical (unpaired) electrons. The Labute approximate surface area is 100 Å². The summed E-state index contributed by atoms with van der Waals surface area (Å²) in [6, 6.07) is -1.36. The first-order chi connectivity index (χ1) is 7.88. The highest BCUT2D eigenvalue weighted by Crippen LogP contribution is 2.03. The molecule has 0 spiro atoms. The Kier molecular flexibility index (Phi) is 6.88. The number of urea groups is 1. The molecule has 7 nitrogen and oxygen atoms in total. The van der Waals surface area contributed by atoms with Gasteiger partial charge in [0.05, 0.1) is 7.11 Å². The molecule has 0 rings (SSSR count). The van der Waals surface area contributed by atoms with Gasteiger partial charge < -0.3 is 15.8 Å². The molecule has 0 fully saturated rings. The second kappa shape index (κ2) is 7.61. The number of carbonyl (C=O) groups is 3. The van der Waals surface area contributed by atoms with E-state index >= 15 is 0 Å². The molecule has 0 bridgehead atoms. The summed E-state index contributed by atoms with van der Waals surface area (Å²) in [6.07, 6.45) is 0.0587. The molecule has 0 aromatic heterocycles. The van der Waals surface area contributed by atoms with Crippen molar-refractivity contribution in [1.82, 2.24) is 10.6 Å². The van der Waals surface area contributed by atoms with Crippen LogP contribution < -0.4 is 16.4 Å². The normalized spacial score (nSPS) is 12.0. The standard InChI is InChI=1S/C10H19N3O4/c1-6(2)8(9(15)17-3)12-5-4-7(14)13-10(11)16/h6,8,12H,4-5H2,1-3H3,(H3,11,13,14,16). The number of nitrogens with one attached hydrogen (secondary N) is 2. The highest BCUT2D eigenvalue weighted by atomic mass is 16.5. The van der Waals surface area contributed by atoms with E-state index in [9.17, 15) is 14.4 Å². The highest BCUT2D eigenvalue weighted by Gasteiger charge is 2.22. The molecule has 7 heteroatoms. The van der Waals surface area contributed by atoms with Crippen LogP contribution in [0.3, 0.4) is 0 Å². The smallest absolute Gasteiger partial charge is 0.323 e. The predicted molar refractivity (Wildman–Crippen MR) is 61.0 cm³/mol. The number of ether oxygens (including phenoxy) is 1. The number of hydrogen-bond acceptors (Lipinski definition) is 5. The van der Waals surface area contributed by atoms with Crippen LogP contribution in [0.4, 0.5) is 4.79 Å². The van der Waals surface area contributed by atoms with Crippen molar-refractivity contribution < 1.29 is 19.1 Å². The van der Waals surface area contributed by atoms with Gasteiger partial charge in [-0.3, -0.25) is 14.9 Å². The van der Waals surface area contributed by atoms with E-state index in [1.165, 1.54) is 7.11 Å². The van der Waals surface area contributed by atoms with Crippen molar-refractivity contribution in [3.63, 3.8) is 0 Å². The van der Waals surface area contributed by atoms with E-state index in [2.05, 4.69) is 10.1 Å². The molecule has 0 aliphatic rings. The van der Waals surface area contributed by atoms with Crippen LogP contribution in [0.1, 0.15) is 20.3 Å². The molecule has 0 saturated heterocycles. The van der Waals surface area contributed by atoms with Crippen LogP contribution in [0.25, 0.3) is 0 Å². The fourth-order valence-corrected chi connectivity index (χ4v) is 1.26. The van der Waals surface area contributed by atoms with Gasteiger partial charge in [0.1, 0.15) is 6.04 Å². The summed E-state index contributed by atoms with van der Waals surface area (Å²) in [6.45, 7) is 3.98. The lowest BCUT2D eigenvalue weighted by atomic mass is 10.0. The number of imide groups is 1. The monoisotopic (exact) mass is 245 g/mol. The Hall–Kier alpha value is -1.63. The second-order valence-corrected chi connectivity index (χ2v) is 3.86. The van der Waals surface area contributed by atoms with E-state index in [1.54, 1.807) is 0 Å². The van der Waals surface area contributed by atoms with Gasteiger partial charge in [-0.1, -0.05) is 13.8 Å². The van der Waals surface area contributed by atoms with Crippen molar-refractivity contribution in [3.05, 3.63) is 0 Å². The first kappa shape index (κ1) is 15.4. The van der Waals surface area contributed by atoms with Crippen LogP contribution in [0.5, 0.6) is 0 Å². The number of rotatable bonds is 6. The minimum Gasteiger partial charge on any atom is -0.468 e. The van der Waals surface area contributed by atoms with E-state index in [4.69, 9.17) is 5.73 Å². The molecule has 0 heterocycles. The summed E-state index contributed by atoms with van der Waals surface area (Å²) in [7, 11) is 1.30. The van der Waals surface area contributed by atoms with Crippen LogP contribution in [0.2, 0.25) is 0 Å². The van der Waals surface area contributed by atoms with E-state index in [1.807, 2.05) is 19.2 Å². The third-order valence-electron chi connectivity index (χ3n) is 2.10. The maximum absolute atomic E-state index is 11.3. The van der Waals surface area contributed by atoms with E-state index in [0.717, 1.165) is 0 Å². The molecule has 1 unspecified atom stereocenters. The largest absolute Gasteiger partial charge is 0.468 e. The van der Waals surface area contributed by atoms with Crippen molar-refractivity contribution >= 4 is 17.9 Å². The maximum Gasteiger partial charge on any atom is 0.323 e. The average molecular weight is 245 g/mol. The number of primary amides is 1. The Morgan fingerprint density at radius 3 is 2.29 bits per heavy atom. The van der Waals surface area contributed by atoms with Gasteiger partial charge in [0.15, 0.2) is 0 Å². The van der Waals surface area contributed by atoms with E-state index in [0.29, 0.717) is 0 Å². The van der Waals surface area contributed by atoms with Crippen molar-refractivity contribution in [3.8, 4) is 0 Å². The number of methoxy groups -OCH3 is 1. The van der Waals surface area contributed by atoms with Crippen LogP contribution >= 0.6 is 0 Å². The van der Waals surface area contributed by atoms with Crippen molar-refractivity contribution in [1.29, 1.82) is 0 Å². The zero-order valence-electron chi connectivity index (χ0n) is 10.3. The SMILES string of the molecule is COC(=O)C(NCCC(=O)NC(N)=O)C(C)C. The van der Waals surface area contributed by atoms with Gasteiger partial charge in [0, 0.05) is 13.0 Å². The van der Waals surface area contributed by atoms with Crippen LogP contribution in [0.15, 0.2) is 0 Å². The number of amides is 3. The summed E-state index contributed by atoms with van der Waals surface area (Å²) >= 11 is 0. The Balaban J connectivity index is 4.02. The molecule has 3 amide bonds. The Morgan fingerprint density at radius 2 is 1.88 bits per heavy atom. The number of esters is 1. The third kappa shape index (κ3) is 6.52. The highest BCUT2D eigenvalue weighted by molar-refractivity contribution is 5.93. The molecular formula is C10H19N3O4. The van der Waals surface area contributed by atoms with Crippen molar-refractivity contribution in [2.24, 2.45) is 11.7 Å². The molecular weight excluding hydrogens is 226 g/mol. The molecule has 0 aromatic rings. The Bertz CT molecular complexity index is 291. The molecule has 0 saturated carbocycles. The lowest BCUT2D eigenvalue weighted by Crippen LogP contribution is -2.44. The zero-order chi connectivity index (χ0) is 13.4. The fourth-order valence-electron chi connectivity index (χ4n) is 1.26. The number of hydrogen-bond donors (Lipinski definition) is 3. The number of nitrogens with two attached hydrogens (primary N) is 1. The quantitative estimate of drug-likeness (QED) is 0.539. The number of carbonyl (C=O) groups excluding carboxylic acids is 3. The Morgan fingerprint density at radius 1 is 1.29 bits per heavy atom. The topological polar surface area (TPSA) is 111 Å². The third-order valence-corrected chi connectivity index (χ3v) is 2.10. The van der Waals surface area contributed by atoms with Gasteiger partial charge in [-0.05, 0) is 5.92 Å². The van der Waals surface area contributed by atoms with E-state index < -0.39 is 18.0 Å². The minimum absolute atomic E-state index is 0.0432. The van der Waals surface area contributed by atoms with Gasteiger partial charge in [-0.25, -0.2) is 4.79 Å². The lowest BCUT2D eigenvalue weighted by Gasteiger charge is -2.19. The molecule has 1 atom stereocenters. The summed E-state index contributed by atoms with van der Waals surface area (Å²) in [5.41, 5.74) is 4.78. The molecule has 0 aliphatic heterocycles. The summed E-state index contributed by atoms with van der Waals surface area (Å²) in [4.78, 5) is 32.8. The van der Waals surface area contributed by atoms with Crippen molar-refractivity contribution in [2.45, 2.75) is 26.3 Å².